The summed E-state index contributed by atoms with van der Waals surface area (Å²) in [5.41, 5.74) is 4.56. The minimum Gasteiger partial charge on any atom is -0.345 e. The zero-order valence-corrected chi connectivity index (χ0v) is 16.0. The van der Waals surface area contributed by atoms with Crippen LogP contribution in [0.25, 0.3) is 0 Å². The van der Waals surface area contributed by atoms with Crippen LogP contribution >= 0.6 is 12.4 Å². The second-order valence-corrected chi connectivity index (χ2v) is 7.79. The summed E-state index contributed by atoms with van der Waals surface area (Å²) in [5.74, 6) is 0.00260. The van der Waals surface area contributed by atoms with Crippen molar-refractivity contribution in [1.29, 1.82) is 0 Å². The van der Waals surface area contributed by atoms with E-state index in [2.05, 4.69) is 49.6 Å². The van der Waals surface area contributed by atoms with Crippen LogP contribution in [0.5, 0.6) is 0 Å². The van der Waals surface area contributed by atoms with Crippen molar-refractivity contribution in [3.63, 3.8) is 0 Å². The minimum absolute atomic E-state index is 0. The van der Waals surface area contributed by atoms with Gasteiger partial charge < -0.3 is 10.6 Å². The Morgan fingerprint density at radius 1 is 1.08 bits per heavy atom. The number of amides is 1. The minimum atomic E-state index is 0. The Kier molecular flexibility index (Phi) is 6.26. The summed E-state index contributed by atoms with van der Waals surface area (Å²) in [7, 11) is 0. The van der Waals surface area contributed by atoms with Crippen LogP contribution in [0.4, 0.5) is 0 Å². The first kappa shape index (κ1) is 19.5. The lowest BCUT2D eigenvalue weighted by molar-refractivity contribution is 0.0926. The zero-order chi connectivity index (χ0) is 17.2. The molecule has 0 spiro atoms. The Balaban J connectivity index is 0.00000225. The van der Waals surface area contributed by atoms with E-state index in [0.29, 0.717) is 0 Å². The largest absolute Gasteiger partial charge is 0.345 e. The van der Waals surface area contributed by atoms with E-state index < -0.39 is 0 Å². The summed E-state index contributed by atoms with van der Waals surface area (Å²) in [6.45, 7) is 8.36. The molecule has 3 nitrogen and oxygen atoms in total. The van der Waals surface area contributed by atoms with Crippen LogP contribution in [0.1, 0.15) is 60.3 Å². The molecule has 0 aromatic heterocycles. The van der Waals surface area contributed by atoms with Crippen molar-refractivity contribution >= 4 is 18.3 Å². The van der Waals surface area contributed by atoms with Crippen LogP contribution in [0.15, 0.2) is 48.5 Å². The summed E-state index contributed by atoms with van der Waals surface area (Å²) in [5, 5.41) is 6.56. The molecule has 0 fully saturated rings. The van der Waals surface area contributed by atoms with Gasteiger partial charge in [-0.15, -0.1) is 12.4 Å². The van der Waals surface area contributed by atoms with Crippen LogP contribution in [-0.2, 0) is 13.1 Å². The highest BCUT2D eigenvalue weighted by atomic mass is 35.5. The first-order valence-electron chi connectivity index (χ1n) is 8.61. The van der Waals surface area contributed by atoms with Gasteiger partial charge in [0.15, 0.2) is 0 Å². The third kappa shape index (κ3) is 5.07. The quantitative estimate of drug-likeness (QED) is 0.837. The van der Waals surface area contributed by atoms with E-state index >= 15 is 0 Å². The van der Waals surface area contributed by atoms with Crippen LogP contribution in [0.2, 0.25) is 0 Å². The molecular weight excluding hydrogens is 332 g/mol. The van der Waals surface area contributed by atoms with E-state index in [1.54, 1.807) is 0 Å². The number of carbonyl (C=O) groups excluding carboxylic acids is 1. The van der Waals surface area contributed by atoms with Gasteiger partial charge in [-0.3, -0.25) is 4.79 Å². The fourth-order valence-corrected chi connectivity index (χ4v) is 3.23. The van der Waals surface area contributed by atoms with Crippen LogP contribution < -0.4 is 10.6 Å². The van der Waals surface area contributed by atoms with Crippen LogP contribution in [0, 0.1) is 5.41 Å². The van der Waals surface area contributed by atoms with Gasteiger partial charge in [-0.25, -0.2) is 0 Å². The maximum Gasteiger partial charge on any atom is 0.251 e. The third-order valence-electron chi connectivity index (χ3n) is 4.42. The van der Waals surface area contributed by atoms with Gasteiger partial charge in [0, 0.05) is 18.7 Å². The van der Waals surface area contributed by atoms with Crippen LogP contribution in [0.3, 0.4) is 0 Å². The first-order valence-corrected chi connectivity index (χ1v) is 8.61. The van der Waals surface area contributed by atoms with Crippen molar-refractivity contribution in [2.75, 3.05) is 0 Å². The maximum atomic E-state index is 12.8. The van der Waals surface area contributed by atoms with Gasteiger partial charge in [0.1, 0.15) is 0 Å². The maximum absolute atomic E-state index is 12.8. The van der Waals surface area contributed by atoms with E-state index in [-0.39, 0.29) is 29.8 Å². The Labute approximate surface area is 156 Å². The molecule has 2 aromatic carbocycles. The highest BCUT2D eigenvalue weighted by Crippen LogP contribution is 2.29. The normalized spacial score (nSPS) is 14.4. The molecule has 1 aliphatic heterocycles. The second kappa shape index (κ2) is 8.03. The second-order valence-electron chi connectivity index (χ2n) is 7.79. The number of rotatable bonds is 4. The number of halogens is 1. The summed E-state index contributed by atoms with van der Waals surface area (Å²) in [4.78, 5) is 12.8. The van der Waals surface area contributed by atoms with Crippen molar-refractivity contribution in [2.45, 2.75) is 46.3 Å². The van der Waals surface area contributed by atoms with Crippen molar-refractivity contribution < 1.29 is 4.79 Å². The monoisotopic (exact) mass is 358 g/mol. The van der Waals surface area contributed by atoms with Crippen molar-refractivity contribution in [3.05, 3.63) is 70.8 Å². The molecule has 0 aliphatic carbocycles. The molecule has 1 atom stereocenters. The van der Waals surface area contributed by atoms with E-state index in [4.69, 9.17) is 0 Å². The summed E-state index contributed by atoms with van der Waals surface area (Å²) < 4.78 is 0. The molecule has 2 N–H and O–H groups in total. The fourth-order valence-electron chi connectivity index (χ4n) is 3.23. The van der Waals surface area contributed by atoms with E-state index in [1.807, 2.05) is 30.3 Å². The molecule has 1 aliphatic rings. The van der Waals surface area contributed by atoms with Gasteiger partial charge in [-0.2, -0.15) is 0 Å². The summed E-state index contributed by atoms with van der Waals surface area (Å²) in [6, 6.07) is 16.3. The Hall–Kier alpha value is -1.84. The summed E-state index contributed by atoms with van der Waals surface area (Å²) in [6.07, 6.45) is 0.898. The zero-order valence-electron chi connectivity index (χ0n) is 15.1. The van der Waals surface area contributed by atoms with Crippen molar-refractivity contribution in [3.8, 4) is 0 Å². The molecular formula is C21H27ClN2O. The lowest BCUT2D eigenvalue weighted by Gasteiger charge is -2.27. The number of carbonyl (C=O) groups is 1. The van der Waals surface area contributed by atoms with Gasteiger partial charge in [0.2, 0.25) is 0 Å². The molecule has 3 rings (SSSR count). The number of hydrogen-bond acceptors (Lipinski definition) is 2. The number of nitrogens with one attached hydrogen (secondary N) is 2. The average Bonchev–Trinajstić information content (AvgIpc) is 3.01. The number of hydrogen-bond donors (Lipinski definition) is 2. The highest BCUT2D eigenvalue weighted by Gasteiger charge is 2.23. The molecule has 134 valence electrons. The van der Waals surface area contributed by atoms with Gasteiger partial charge in [0.25, 0.3) is 5.91 Å². The third-order valence-corrected chi connectivity index (χ3v) is 4.42. The molecule has 25 heavy (non-hydrogen) atoms. The standard InChI is InChI=1S/C21H26N2O.ClH/c1-21(2,3)12-19(15-7-5-4-6-8-15)23-20(24)16-9-10-17-13-22-14-18(17)11-16;/h4-11,19,22H,12-14H2,1-3H3,(H,23,24);1H. The molecule has 1 heterocycles. The fraction of sp³-hybridized carbons (Fsp3) is 0.381. The van der Waals surface area contributed by atoms with Gasteiger partial charge in [-0.05, 0) is 40.7 Å². The van der Waals surface area contributed by atoms with E-state index in [0.717, 1.165) is 30.6 Å². The molecule has 1 unspecified atom stereocenters. The lowest BCUT2D eigenvalue weighted by Crippen LogP contribution is -2.31. The Bertz CT molecular complexity index is 722. The SMILES string of the molecule is CC(C)(C)CC(NC(=O)c1ccc2c(c1)CNC2)c1ccccc1.Cl. The van der Waals surface area contributed by atoms with E-state index in [9.17, 15) is 4.79 Å². The molecule has 0 radical (unpaired) electrons. The molecule has 4 heteroatoms. The van der Waals surface area contributed by atoms with Crippen LogP contribution in [-0.4, -0.2) is 5.91 Å². The number of benzene rings is 2. The van der Waals surface area contributed by atoms with Gasteiger partial charge in [-0.1, -0.05) is 57.2 Å². The predicted molar refractivity (Wildman–Crippen MR) is 105 cm³/mol. The van der Waals surface area contributed by atoms with Crippen molar-refractivity contribution in [1.82, 2.24) is 10.6 Å². The average molecular weight is 359 g/mol. The highest BCUT2D eigenvalue weighted by molar-refractivity contribution is 5.94. The summed E-state index contributed by atoms with van der Waals surface area (Å²) >= 11 is 0. The molecule has 0 bridgehead atoms. The molecule has 2 aromatic rings. The first-order chi connectivity index (χ1) is 11.4. The van der Waals surface area contributed by atoms with Gasteiger partial charge >= 0.3 is 0 Å². The molecule has 0 saturated carbocycles. The molecule has 0 saturated heterocycles. The predicted octanol–water partition coefficient (Wildman–Crippen LogP) is 4.62. The topological polar surface area (TPSA) is 41.1 Å². The lowest BCUT2D eigenvalue weighted by atomic mass is 9.85. The van der Waals surface area contributed by atoms with Gasteiger partial charge in [0.05, 0.1) is 6.04 Å². The van der Waals surface area contributed by atoms with Crippen molar-refractivity contribution in [2.24, 2.45) is 5.41 Å². The smallest absolute Gasteiger partial charge is 0.251 e. The van der Waals surface area contributed by atoms with E-state index in [1.165, 1.54) is 11.1 Å². The molecule has 1 amide bonds. The Morgan fingerprint density at radius 3 is 2.44 bits per heavy atom. The Morgan fingerprint density at radius 2 is 1.76 bits per heavy atom. The number of fused-ring (bicyclic) bond motifs is 1.